The Bertz CT molecular complexity index is 1910. The zero-order valence-corrected chi connectivity index (χ0v) is 37.9. The van der Waals surface area contributed by atoms with E-state index in [0.29, 0.717) is 5.75 Å². The third-order valence-electron chi connectivity index (χ3n) is 10.8. The van der Waals surface area contributed by atoms with Crippen LogP contribution in [-0.2, 0) is 24.9 Å². The first-order valence-corrected chi connectivity index (χ1v) is 21.9. The minimum absolute atomic E-state index is 0.193. The number of allylic oxidation sites excluding steroid dienone is 7. The highest BCUT2D eigenvalue weighted by molar-refractivity contribution is 9.10. The summed E-state index contributed by atoms with van der Waals surface area (Å²) in [5.41, 5.74) is 9.58. The first-order valence-electron chi connectivity index (χ1n) is 19.4. The van der Waals surface area contributed by atoms with Crippen LogP contribution in [0.3, 0.4) is 0 Å². The normalized spacial score (nSPS) is 19.0. The Morgan fingerprint density at radius 2 is 1.67 bits per heavy atom. The van der Waals surface area contributed by atoms with Gasteiger partial charge in [0, 0.05) is 81.3 Å². The molecular formula is C44H58Br2N3O5S+. The highest BCUT2D eigenvalue weighted by atomic mass is 79.9. The van der Waals surface area contributed by atoms with E-state index in [4.69, 9.17) is 9.99 Å². The molecule has 0 aromatic heterocycles. The van der Waals surface area contributed by atoms with Crippen molar-refractivity contribution in [1.82, 2.24) is 4.90 Å². The van der Waals surface area contributed by atoms with Crippen LogP contribution in [0.2, 0.25) is 0 Å². The molecule has 1 amide bonds. The number of rotatable bonds is 15. The number of ether oxygens (including phenoxy) is 1. The summed E-state index contributed by atoms with van der Waals surface area (Å²) in [5, 5.41) is 12.3. The molecule has 0 unspecified atom stereocenters. The van der Waals surface area contributed by atoms with Crippen molar-refractivity contribution >= 4 is 67.1 Å². The maximum Gasteiger partial charge on any atom is 0.414 e. The molecule has 0 spiro atoms. The van der Waals surface area contributed by atoms with Gasteiger partial charge in [-0.25, -0.2) is 10.1 Å². The molecule has 1 aliphatic carbocycles. The number of hydrogen-bond acceptors (Lipinski definition) is 7. The standard InChI is InChI=1S/C44H57Br2N3O5S/c1-10-11-12-25-48-36-21-19-32(45)28-34(36)43(5,6)38(48)23-17-30-15-16-31(40(30)47(9)41(50)52-42(2,3)4)18-24-39-44(7,8)35-29-33(46)20-22-37(35)49(39)26-13-14-27-55-54-53-51/h17-24,28-29H,10-16,25-27H2,1-9H3/p+1. The maximum absolute atomic E-state index is 13.7. The lowest BCUT2D eigenvalue weighted by atomic mass is 9.81. The van der Waals surface area contributed by atoms with E-state index in [0.717, 1.165) is 83.0 Å². The van der Waals surface area contributed by atoms with Gasteiger partial charge in [-0.15, -0.1) is 4.33 Å². The maximum atomic E-state index is 13.7. The number of fused-ring (bicyclic) bond motifs is 2. The van der Waals surface area contributed by atoms with Crippen LogP contribution in [-0.4, -0.2) is 58.0 Å². The molecule has 55 heavy (non-hydrogen) atoms. The molecule has 0 saturated heterocycles. The molecule has 0 saturated carbocycles. The summed E-state index contributed by atoms with van der Waals surface area (Å²) in [4.78, 5) is 17.9. The highest BCUT2D eigenvalue weighted by Gasteiger charge is 2.44. The van der Waals surface area contributed by atoms with Crippen LogP contribution in [0.4, 0.5) is 16.2 Å². The van der Waals surface area contributed by atoms with E-state index in [9.17, 15) is 4.79 Å². The van der Waals surface area contributed by atoms with Gasteiger partial charge < -0.3 is 9.64 Å². The van der Waals surface area contributed by atoms with Gasteiger partial charge in [-0.2, -0.15) is 4.58 Å². The lowest BCUT2D eigenvalue weighted by molar-refractivity contribution is -0.438. The van der Waals surface area contributed by atoms with Crippen LogP contribution >= 0.6 is 43.9 Å². The van der Waals surface area contributed by atoms with E-state index in [1.807, 2.05) is 27.8 Å². The second-order valence-corrected chi connectivity index (χ2v) is 19.2. The van der Waals surface area contributed by atoms with Gasteiger partial charge in [-0.3, -0.25) is 4.90 Å². The Morgan fingerprint density at radius 3 is 2.36 bits per heavy atom. The minimum Gasteiger partial charge on any atom is -0.443 e. The van der Waals surface area contributed by atoms with E-state index in [1.165, 1.54) is 46.8 Å². The van der Waals surface area contributed by atoms with E-state index in [1.54, 1.807) is 4.90 Å². The van der Waals surface area contributed by atoms with Gasteiger partial charge in [-0.05, 0) is 120 Å². The third kappa shape index (κ3) is 9.90. The van der Waals surface area contributed by atoms with Crippen molar-refractivity contribution in [3.05, 3.63) is 103 Å². The number of nitrogens with zero attached hydrogens (tertiary/aromatic N) is 3. The number of likely N-dealkylation sites (N-methyl/N-ethyl adjacent to an activating group) is 1. The van der Waals surface area contributed by atoms with Crippen LogP contribution < -0.4 is 4.90 Å². The van der Waals surface area contributed by atoms with Crippen molar-refractivity contribution < 1.29 is 28.7 Å². The van der Waals surface area contributed by atoms with Gasteiger partial charge in [0.25, 0.3) is 0 Å². The number of unbranched alkanes of at least 4 members (excludes halogenated alkanes) is 3. The van der Waals surface area contributed by atoms with Crippen LogP contribution in [0.1, 0.15) is 111 Å². The second kappa shape index (κ2) is 18.3. The molecule has 2 aromatic rings. The molecule has 5 rings (SSSR count). The molecule has 1 N–H and O–H groups in total. The monoisotopic (exact) mass is 898 g/mol. The zero-order valence-electron chi connectivity index (χ0n) is 33.9. The topological polar surface area (TPSA) is 74.5 Å². The van der Waals surface area contributed by atoms with Crippen LogP contribution in [0, 0.1) is 0 Å². The number of halogens is 2. The quantitative estimate of drug-likeness (QED) is 0.0627. The average Bonchev–Trinajstić information content (AvgIpc) is 3.68. The predicted molar refractivity (Wildman–Crippen MR) is 233 cm³/mol. The van der Waals surface area contributed by atoms with E-state index < -0.39 is 5.60 Å². The fourth-order valence-corrected chi connectivity index (χ4v) is 9.19. The molecule has 2 heterocycles. The average molecular weight is 901 g/mol. The largest absolute Gasteiger partial charge is 0.443 e. The molecule has 0 radical (unpaired) electrons. The molecule has 3 aliphatic rings. The summed E-state index contributed by atoms with van der Waals surface area (Å²) < 4.78 is 15.2. The van der Waals surface area contributed by atoms with Crippen LogP contribution in [0.5, 0.6) is 0 Å². The van der Waals surface area contributed by atoms with Gasteiger partial charge in [0.05, 0.1) is 11.1 Å². The number of amides is 1. The molecule has 0 atom stereocenters. The number of carbonyl (C=O) groups is 1. The lowest BCUT2D eigenvalue weighted by Crippen LogP contribution is -2.34. The Morgan fingerprint density at radius 1 is 0.964 bits per heavy atom. The van der Waals surface area contributed by atoms with Gasteiger partial charge in [0.1, 0.15) is 12.1 Å². The van der Waals surface area contributed by atoms with Gasteiger partial charge in [0.15, 0.2) is 5.71 Å². The molecule has 2 aliphatic heterocycles. The summed E-state index contributed by atoms with van der Waals surface area (Å²) >= 11 is 8.53. The zero-order chi connectivity index (χ0) is 40.1. The SMILES string of the molecule is CCCCC[N+]1=C(C=CC2=C(N(C)C(=O)OC(C)(C)C)C(=CC=C3N(CCCCSOOO)c4ccc(Br)cc4C3(C)C)CC2)C(C)(C)c2cc(Br)ccc21. The first kappa shape index (κ1) is 43.5. The van der Waals surface area contributed by atoms with Crippen molar-refractivity contribution in [1.29, 1.82) is 0 Å². The van der Waals surface area contributed by atoms with Gasteiger partial charge in [-0.1, -0.05) is 76.2 Å². The van der Waals surface area contributed by atoms with Crippen LogP contribution in [0.15, 0.2) is 92.2 Å². The summed E-state index contributed by atoms with van der Waals surface area (Å²) in [7, 11) is 1.84. The van der Waals surface area contributed by atoms with Crippen LogP contribution in [0.25, 0.3) is 0 Å². The fourth-order valence-electron chi connectivity index (χ4n) is 8.03. The molecule has 0 bridgehead atoms. The van der Waals surface area contributed by atoms with Crippen molar-refractivity contribution in [2.75, 3.05) is 30.8 Å². The van der Waals surface area contributed by atoms with Crippen molar-refractivity contribution in [3.63, 3.8) is 0 Å². The molecule has 8 nitrogen and oxygen atoms in total. The molecule has 298 valence electrons. The number of anilines is 1. The van der Waals surface area contributed by atoms with E-state index in [2.05, 4.69) is 146 Å². The second-order valence-electron chi connectivity index (χ2n) is 16.6. The Kier molecular flexibility index (Phi) is 14.4. The highest BCUT2D eigenvalue weighted by Crippen LogP contribution is 2.49. The van der Waals surface area contributed by atoms with Gasteiger partial charge >= 0.3 is 6.09 Å². The van der Waals surface area contributed by atoms with Crippen molar-refractivity contribution in [2.45, 2.75) is 117 Å². The number of carbonyl (C=O) groups excluding carboxylic acids is 1. The Labute approximate surface area is 349 Å². The Hall–Kier alpha value is -2.67. The fraction of sp³-hybridized carbons (Fsp3) is 0.500. The number of hydrogen-bond donors (Lipinski definition) is 1. The Balaban J connectivity index is 1.57. The summed E-state index contributed by atoms with van der Waals surface area (Å²) in [5.74, 6) is 0.700. The lowest BCUT2D eigenvalue weighted by Gasteiger charge is -2.28. The van der Waals surface area contributed by atoms with Crippen molar-refractivity contribution in [2.24, 2.45) is 0 Å². The summed E-state index contributed by atoms with van der Waals surface area (Å²) in [6, 6.07) is 13.2. The van der Waals surface area contributed by atoms with E-state index in [-0.39, 0.29) is 16.9 Å². The minimum atomic E-state index is -0.626. The smallest absolute Gasteiger partial charge is 0.414 e. The third-order valence-corrected chi connectivity index (χ3v) is 12.4. The van der Waals surface area contributed by atoms with Crippen molar-refractivity contribution in [3.8, 4) is 0 Å². The molecular weight excluding hydrogens is 842 g/mol. The number of benzene rings is 2. The summed E-state index contributed by atoms with van der Waals surface area (Å²) in [6.07, 6.45) is 15.6. The van der Waals surface area contributed by atoms with Gasteiger partial charge in [0.2, 0.25) is 5.69 Å². The molecule has 11 heteroatoms. The summed E-state index contributed by atoms with van der Waals surface area (Å²) in [6.45, 7) is 18.9. The molecule has 2 aromatic carbocycles. The predicted octanol–water partition coefficient (Wildman–Crippen LogP) is 12.7. The van der Waals surface area contributed by atoms with E-state index >= 15 is 0 Å². The molecule has 0 fully saturated rings. The first-order chi connectivity index (χ1) is 26.0.